The number of nitrogens with one attached hydrogen (secondary N) is 2. The Kier molecular flexibility index (Phi) is 6.88. The number of rotatable bonds is 7. The zero-order chi connectivity index (χ0) is 23.5. The molecule has 0 bridgehead atoms. The van der Waals surface area contributed by atoms with E-state index in [1.807, 2.05) is 35.4 Å². The van der Waals surface area contributed by atoms with Gasteiger partial charge in [-0.3, -0.25) is 14.6 Å². The molecule has 1 aliphatic rings. The van der Waals surface area contributed by atoms with Gasteiger partial charge >= 0.3 is 0 Å². The number of carbonyl (C=O) groups is 1. The monoisotopic (exact) mass is 470 g/mol. The summed E-state index contributed by atoms with van der Waals surface area (Å²) in [6, 6.07) is 5.81. The van der Waals surface area contributed by atoms with E-state index in [1.165, 1.54) is 11.3 Å². The number of benzene rings is 1. The van der Waals surface area contributed by atoms with Crippen molar-refractivity contribution in [3.8, 4) is 22.6 Å². The number of H-pyrrole nitrogens is 1. The van der Waals surface area contributed by atoms with Crippen LogP contribution in [0.2, 0.25) is 0 Å². The molecule has 9 heteroatoms. The van der Waals surface area contributed by atoms with Gasteiger partial charge in [-0.15, -0.1) is 11.3 Å². The number of aromatic nitrogens is 2. The van der Waals surface area contributed by atoms with Gasteiger partial charge < -0.3 is 19.7 Å². The molecule has 2 unspecified atom stereocenters. The quantitative estimate of drug-likeness (QED) is 0.545. The van der Waals surface area contributed by atoms with Crippen LogP contribution in [-0.2, 0) is 4.79 Å². The fraction of sp³-hybridized carbons (Fsp3) is 0.458. The zero-order valence-electron chi connectivity index (χ0n) is 19.4. The number of hydrogen-bond acceptors (Lipinski definition) is 7. The molecule has 3 heterocycles. The number of thiophene rings is 1. The van der Waals surface area contributed by atoms with Gasteiger partial charge in [-0.1, -0.05) is 13.0 Å². The third-order valence-corrected chi connectivity index (χ3v) is 7.17. The molecule has 4 rings (SSSR count). The highest BCUT2D eigenvalue weighted by molar-refractivity contribution is 7.17. The largest absolute Gasteiger partial charge is 0.493 e. The van der Waals surface area contributed by atoms with Crippen molar-refractivity contribution in [3.63, 3.8) is 0 Å². The van der Waals surface area contributed by atoms with Crippen molar-refractivity contribution in [2.75, 3.05) is 32.2 Å². The molecule has 1 amide bonds. The highest BCUT2D eigenvalue weighted by Gasteiger charge is 2.28. The summed E-state index contributed by atoms with van der Waals surface area (Å²) < 4.78 is 11.4. The lowest BCUT2D eigenvalue weighted by atomic mass is 9.97. The molecule has 1 fully saturated rings. The first-order valence-electron chi connectivity index (χ1n) is 11.2. The van der Waals surface area contributed by atoms with Crippen LogP contribution in [0.4, 0.5) is 5.95 Å². The van der Waals surface area contributed by atoms with Gasteiger partial charge in [0.05, 0.1) is 25.7 Å². The van der Waals surface area contributed by atoms with Gasteiger partial charge in [-0.2, -0.15) is 0 Å². The van der Waals surface area contributed by atoms with E-state index < -0.39 is 0 Å². The van der Waals surface area contributed by atoms with E-state index in [1.54, 1.807) is 14.2 Å². The van der Waals surface area contributed by atoms with Gasteiger partial charge in [-0.25, -0.2) is 4.98 Å². The normalized spacial score (nSPS) is 17.1. The van der Waals surface area contributed by atoms with Gasteiger partial charge in [0.25, 0.3) is 5.56 Å². The maximum Gasteiger partial charge on any atom is 0.270 e. The molecule has 0 spiro atoms. The molecule has 3 aromatic rings. The summed E-state index contributed by atoms with van der Waals surface area (Å²) in [5, 5.41) is 5.02. The molecule has 0 radical (unpaired) electrons. The lowest BCUT2D eigenvalue weighted by Gasteiger charge is -2.32. The first kappa shape index (κ1) is 23.1. The number of carbonyl (C=O) groups excluding carboxylic acids is 1. The number of piperidine rings is 1. The zero-order valence-corrected chi connectivity index (χ0v) is 20.3. The van der Waals surface area contributed by atoms with Crippen molar-refractivity contribution in [2.24, 2.45) is 5.92 Å². The Morgan fingerprint density at radius 2 is 2.12 bits per heavy atom. The van der Waals surface area contributed by atoms with Crippen molar-refractivity contribution in [2.45, 2.75) is 39.2 Å². The van der Waals surface area contributed by atoms with E-state index in [4.69, 9.17) is 14.5 Å². The van der Waals surface area contributed by atoms with Crippen LogP contribution < -0.4 is 25.2 Å². The van der Waals surface area contributed by atoms with E-state index >= 15 is 0 Å². The van der Waals surface area contributed by atoms with E-state index in [-0.39, 0.29) is 23.4 Å². The van der Waals surface area contributed by atoms with Crippen LogP contribution >= 0.6 is 11.3 Å². The predicted molar refractivity (Wildman–Crippen MR) is 132 cm³/mol. The number of hydrogen-bond donors (Lipinski definition) is 2. The highest BCUT2D eigenvalue weighted by atomic mass is 32.1. The van der Waals surface area contributed by atoms with Crippen molar-refractivity contribution in [1.82, 2.24) is 15.3 Å². The van der Waals surface area contributed by atoms with Crippen LogP contribution in [0.5, 0.6) is 11.5 Å². The summed E-state index contributed by atoms with van der Waals surface area (Å²) in [5.74, 6) is 1.71. The number of nitrogens with zero attached hydrogens (tertiary/aromatic N) is 2. The molecule has 176 valence electrons. The van der Waals surface area contributed by atoms with Gasteiger partial charge in [0.1, 0.15) is 4.70 Å². The molecule has 1 saturated heterocycles. The van der Waals surface area contributed by atoms with E-state index in [0.717, 1.165) is 36.9 Å². The van der Waals surface area contributed by atoms with Crippen LogP contribution in [-0.4, -0.2) is 49.2 Å². The molecule has 33 heavy (non-hydrogen) atoms. The highest BCUT2D eigenvalue weighted by Crippen LogP contribution is 2.37. The Hall–Kier alpha value is -3.07. The van der Waals surface area contributed by atoms with Crippen LogP contribution in [0.25, 0.3) is 21.3 Å². The minimum atomic E-state index is -0.169. The van der Waals surface area contributed by atoms with Crippen molar-refractivity contribution in [3.05, 3.63) is 33.9 Å². The number of amides is 1. The maximum atomic E-state index is 12.9. The molecular weight excluding hydrogens is 440 g/mol. The second kappa shape index (κ2) is 9.82. The van der Waals surface area contributed by atoms with Gasteiger partial charge in [0.15, 0.2) is 11.5 Å². The number of aromatic amines is 1. The second-order valence-electron chi connectivity index (χ2n) is 8.39. The number of anilines is 1. The van der Waals surface area contributed by atoms with Gasteiger partial charge in [-0.05, 0) is 43.9 Å². The number of methoxy groups -OCH3 is 2. The summed E-state index contributed by atoms with van der Waals surface area (Å²) in [4.78, 5) is 35.3. The maximum absolute atomic E-state index is 12.9. The van der Waals surface area contributed by atoms with E-state index in [9.17, 15) is 9.59 Å². The molecule has 1 aromatic carbocycles. The molecule has 0 aliphatic carbocycles. The lowest BCUT2D eigenvalue weighted by molar-refractivity contribution is -0.125. The summed E-state index contributed by atoms with van der Waals surface area (Å²) in [6.45, 7) is 5.35. The first-order chi connectivity index (χ1) is 15.9. The Labute approximate surface area is 196 Å². The Bertz CT molecular complexity index is 1200. The van der Waals surface area contributed by atoms with Crippen LogP contribution in [0.15, 0.2) is 28.4 Å². The average molecular weight is 471 g/mol. The predicted octanol–water partition coefficient (Wildman–Crippen LogP) is 3.80. The van der Waals surface area contributed by atoms with Gasteiger partial charge in [0.2, 0.25) is 11.9 Å². The number of fused-ring (bicyclic) bond motifs is 1. The summed E-state index contributed by atoms with van der Waals surface area (Å²) in [5.41, 5.74) is 2.24. The molecule has 2 atom stereocenters. The average Bonchev–Trinajstić information content (AvgIpc) is 3.28. The minimum Gasteiger partial charge on any atom is -0.493 e. The second-order valence-corrected chi connectivity index (χ2v) is 9.27. The van der Waals surface area contributed by atoms with Gasteiger partial charge in [0, 0.05) is 30.1 Å². The standard InChI is InChI=1S/C24H30N4O4S/c1-5-14(2)25-22(29)16-7-6-10-28(12-16)24-26-20-17(13-33-21(20)23(30)27-24)15-8-9-18(31-3)19(11-15)32-4/h8-9,11,13-14,16H,5-7,10,12H2,1-4H3,(H,25,29)(H,26,27,30). The number of ether oxygens (including phenoxy) is 2. The van der Waals surface area contributed by atoms with Crippen molar-refractivity contribution >= 4 is 33.4 Å². The fourth-order valence-electron chi connectivity index (χ4n) is 4.12. The third-order valence-electron chi connectivity index (χ3n) is 6.20. The summed E-state index contributed by atoms with van der Waals surface area (Å²) in [7, 11) is 3.19. The lowest BCUT2D eigenvalue weighted by Crippen LogP contribution is -2.46. The molecule has 1 aliphatic heterocycles. The Balaban J connectivity index is 1.66. The van der Waals surface area contributed by atoms with Crippen LogP contribution in [0.1, 0.15) is 33.1 Å². The molecular formula is C24H30N4O4S. The Morgan fingerprint density at radius 3 is 2.85 bits per heavy atom. The molecule has 8 nitrogen and oxygen atoms in total. The van der Waals surface area contributed by atoms with E-state index in [2.05, 4.69) is 17.2 Å². The molecule has 2 aromatic heterocycles. The first-order valence-corrected chi connectivity index (χ1v) is 12.1. The third kappa shape index (κ3) is 4.68. The minimum absolute atomic E-state index is 0.0685. The summed E-state index contributed by atoms with van der Waals surface area (Å²) in [6.07, 6.45) is 2.60. The van der Waals surface area contributed by atoms with Crippen molar-refractivity contribution in [1.29, 1.82) is 0 Å². The summed E-state index contributed by atoms with van der Waals surface area (Å²) >= 11 is 1.37. The van der Waals surface area contributed by atoms with Crippen molar-refractivity contribution < 1.29 is 14.3 Å². The van der Waals surface area contributed by atoms with E-state index in [0.29, 0.717) is 34.2 Å². The fourth-order valence-corrected chi connectivity index (χ4v) is 5.03. The van der Waals surface area contributed by atoms with Crippen LogP contribution in [0.3, 0.4) is 0 Å². The smallest absolute Gasteiger partial charge is 0.270 e. The van der Waals surface area contributed by atoms with Crippen LogP contribution in [0, 0.1) is 5.92 Å². The molecule has 0 saturated carbocycles. The molecule has 2 N–H and O–H groups in total. The topological polar surface area (TPSA) is 96.6 Å². The SMILES string of the molecule is CCC(C)NC(=O)C1CCCN(c2nc3c(-c4ccc(OC)c(OC)c4)csc3c(=O)[nH]2)C1. The Morgan fingerprint density at radius 1 is 1.33 bits per heavy atom.